The molecule has 0 saturated heterocycles. The highest BCUT2D eigenvalue weighted by atomic mass is 16.1. The Morgan fingerprint density at radius 2 is 2.14 bits per heavy atom. The highest BCUT2D eigenvalue weighted by molar-refractivity contribution is 5.78. The van der Waals surface area contributed by atoms with Crippen molar-refractivity contribution >= 4 is 5.78 Å². The predicted molar refractivity (Wildman–Crippen MR) is 58.1 cm³/mol. The third-order valence-corrected chi connectivity index (χ3v) is 4.13. The average molecular weight is 192 g/mol. The van der Waals surface area contributed by atoms with Crippen LogP contribution >= 0.6 is 0 Å². The Balaban J connectivity index is 2.26. The summed E-state index contributed by atoms with van der Waals surface area (Å²) in [5.74, 6) is 1.10. The largest absolute Gasteiger partial charge is 0.300 e. The zero-order chi connectivity index (χ0) is 10.2. The molecule has 0 radical (unpaired) electrons. The minimum atomic E-state index is 0.292. The normalized spacial score (nSPS) is 35.4. The van der Waals surface area contributed by atoms with Crippen molar-refractivity contribution in [3.63, 3.8) is 0 Å². The molecule has 0 aromatic carbocycles. The Morgan fingerprint density at radius 3 is 2.93 bits per heavy atom. The number of hydrogen-bond donors (Lipinski definition) is 0. The van der Waals surface area contributed by atoms with Gasteiger partial charge >= 0.3 is 0 Å². The van der Waals surface area contributed by atoms with Gasteiger partial charge in [0.2, 0.25) is 0 Å². The molecule has 78 valence electrons. The molecular weight excluding hydrogens is 172 g/mol. The van der Waals surface area contributed by atoms with Crippen LogP contribution < -0.4 is 0 Å². The third-order valence-electron chi connectivity index (χ3n) is 4.13. The summed E-state index contributed by atoms with van der Waals surface area (Å²) in [5.41, 5.74) is 1.90. The Bertz CT molecular complexity index is 273. The fourth-order valence-corrected chi connectivity index (χ4v) is 2.95. The topological polar surface area (TPSA) is 17.1 Å². The molecule has 2 aliphatic rings. The number of carbonyl (C=O) groups excluding carboxylic acids is 1. The lowest BCUT2D eigenvalue weighted by Crippen LogP contribution is -2.21. The Kier molecular flexibility index (Phi) is 2.50. The maximum atomic E-state index is 11.6. The van der Waals surface area contributed by atoms with Crippen LogP contribution in [0.4, 0.5) is 0 Å². The van der Waals surface area contributed by atoms with E-state index in [0.717, 1.165) is 25.7 Å². The Labute approximate surface area is 86.6 Å². The number of Topliss-reactive ketones (excluding diaryl/α,β-unsaturated/α-hetero) is 1. The first-order chi connectivity index (χ1) is 6.60. The highest BCUT2D eigenvalue weighted by Gasteiger charge is 2.39. The zero-order valence-corrected chi connectivity index (χ0v) is 9.31. The summed E-state index contributed by atoms with van der Waals surface area (Å²) in [5, 5.41) is 0. The fourth-order valence-electron chi connectivity index (χ4n) is 2.95. The zero-order valence-electron chi connectivity index (χ0n) is 9.31. The van der Waals surface area contributed by atoms with Gasteiger partial charge < -0.3 is 0 Å². The van der Waals surface area contributed by atoms with Crippen LogP contribution in [0.25, 0.3) is 0 Å². The van der Waals surface area contributed by atoms with Crippen LogP contribution in [0.3, 0.4) is 0 Å². The minimum Gasteiger partial charge on any atom is -0.300 e. The van der Waals surface area contributed by atoms with Crippen molar-refractivity contribution in [2.45, 2.75) is 52.4 Å². The van der Waals surface area contributed by atoms with E-state index >= 15 is 0 Å². The van der Waals surface area contributed by atoms with E-state index in [1.54, 1.807) is 5.57 Å². The van der Waals surface area contributed by atoms with Gasteiger partial charge in [-0.3, -0.25) is 4.79 Å². The van der Waals surface area contributed by atoms with Crippen molar-refractivity contribution < 1.29 is 4.79 Å². The van der Waals surface area contributed by atoms with Gasteiger partial charge in [-0.15, -0.1) is 0 Å². The second kappa shape index (κ2) is 3.52. The average Bonchev–Trinajstić information content (AvgIpc) is 2.41. The van der Waals surface area contributed by atoms with E-state index in [-0.39, 0.29) is 0 Å². The van der Waals surface area contributed by atoms with E-state index in [0.29, 0.717) is 17.1 Å². The van der Waals surface area contributed by atoms with Gasteiger partial charge in [0.1, 0.15) is 5.78 Å². The van der Waals surface area contributed by atoms with E-state index < -0.39 is 0 Å². The number of ketones is 1. The summed E-state index contributed by atoms with van der Waals surface area (Å²) in [7, 11) is 0. The summed E-state index contributed by atoms with van der Waals surface area (Å²) in [6, 6.07) is 0. The molecule has 1 atom stereocenters. The fraction of sp³-hybridized carbons (Fsp3) is 0.769. The third kappa shape index (κ3) is 1.65. The molecule has 1 unspecified atom stereocenters. The van der Waals surface area contributed by atoms with E-state index in [1.807, 2.05) is 0 Å². The molecule has 2 bridgehead atoms. The molecule has 1 saturated carbocycles. The lowest BCUT2D eigenvalue weighted by molar-refractivity contribution is -0.120. The molecule has 14 heavy (non-hydrogen) atoms. The second-order valence-electron chi connectivity index (χ2n) is 5.32. The van der Waals surface area contributed by atoms with E-state index in [2.05, 4.69) is 19.9 Å². The Hall–Kier alpha value is -0.590. The molecule has 2 rings (SSSR count). The number of fused-ring (bicyclic) bond motifs is 2. The van der Waals surface area contributed by atoms with Crippen LogP contribution in [-0.2, 0) is 4.79 Å². The summed E-state index contributed by atoms with van der Waals surface area (Å²) < 4.78 is 0. The summed E-state index contributed by atoms with van der Waals surface area (Å²) in [6.07, 6.45) is 8.65. The molecule has 0 aromatic heterocycles. The van der Waals surface area contributed by atoms with Gasteiger partial charge in [0.15, 0.2) is 0 Å². The van der Waals surface area contributed by atoms with Crippen molar-refractivity contribution in [2.75, 3.05) is 0 Å². The van der Waals surface area contributed by atoms with Gasteiger partial charge in [-0.1, -0.05) is 25.5 Å². The maximum Gasteiger partial charge on any atom is 0.133 e. The van der Waals surface area contributed by atoms with Gasteiger partial charge in [0, 0.05) is 12.8 Å². The standard InChI is InChI=1S/C13H20O/c1-13(2)10-5-3-4-6-12(14)9-11(13)8-7-10/h5,11H,3-4,6-9H2,1-2H3/b10-5-. The SMILES string of the molecule is CC1(C)/C2=C\CCCC(=O)CC1CC2. The van der Waals surface area contributed by atoms with Gasteiger partial charge in [0.25, 0.3) is 0 Å². The van der Waals surface area contributed by atoms with Crippen molar-refractivity contribution in [3.05, 3.63) is 11.6 Å². The molecule has 0 amide bonds. The van der Waals surface area contributed by atoms with Crippen molar-refractivity contribution in [3.8, 4) is 0 Å². The summed E-state index contributed by atoms with van der Waals surface area (Å²) >= 11 is 0. The number of carbonyl (C=O) groups is 1. The number of rotatable bonds is 0. The molecule has 2 aliphatic carbocycles. The van der Waals surface area contributed by atoms with Crippen LogP contribution in [0.15, 0.2) is 11.6 Å². The van der Waals surface area contributed by atoms with Crippen LogP contribution in [0, 0.1) is 11.3 Å². The van der Waals surface area contributed by atoms with Crippen LogP contribution in [0.2, 0.25) is 0 Å². The number of allylic oxidation sites excluding steroid dienone is 2. The lowest BCUT2D eigenvalue weighted by atomic mass is 9.77. The molecule has 0 spiro atoms. The quantitative estimate of drug-likeness (QED) is 0.537. The Morgan fingerprint density at radius 1 is 1.36 bits per heavy atom. The second-order valence-corrected chi connectivity index (χ2v) is 5.32. The van der Waals surface area contributed by atoms with Gasteiger partial charge in [-0.2, -0.15) is 0 Å². The number of hydrogen-bond acceptors (Lipinski definition) is 1. The van der Waals surface area contributed by atoms with E-state index in [1.165, 1.54) is 12.8 Å². The molecule has 0 N–H and O–H groups in total. The van der Waals surface area contributed by atoms with Crippen LogP contribution in [0.1, 0.15) is 52.4 Å². The molecule has 0 aliphatic heterocycles. The summed E-state index contributed by atoms with van der Waals surface area (Å²) in [6.45, 7) is 4.63. The first-order valence-corrected chi connectivity index (χ1v) is 5.82. The monoisotopic (exact) mass is 192 g/mol. The molecular formula is C13H20O. The molecule has 0 heterocycles. The van der Waals surface area contributed by atoms with Gasteiger partial charge in [0.05, 0.1) is 0 Å². The lowest BCUT2D eigenvalue weighted by Gasteiger charge is -2.27. The van der Waals surface area contributed by atoms with Gasteiger partial charge in [-0.05, 0) is 37.0 Å². The highest BCUT2D eigenvalue weighted by Crippen LogP contribution is 2.49. The van der Waals surface area contributed by atoms with Crippen LogP contribution in [0.5, 0.6) is 0 Å². The molecule has 1 nitrogen and oxygen atoms in total. The van der Waals surface area contributed by atoms with Crippen molar-refractivity contribution in [1.29, 1.82) is 0 Å². The van der Waals surface area contributed by atoms with Crippen LogP contribution in [-0.4, -0.2) is 5.78 Å². The minimum absolute atomic E-state index is 0.292. The van der Waals surface area contributed by atoms with E-state index in [4.69, 9.17) is 0 Å². The first kappa shape index (κ1) is 9.95. The first-order valence-electron chi connectivity index (χ1n) is 5.82. The molecule has 1 heteroatoms. The van der Waals surface area contributed by atoms with Crippen molar-refractivity contribution in [2.24, 2.45) is 11.3 Å². The van der Waals surface area contributed by atoms with Gasteiger partial charge in [-0.25, -0.2) is 0 Å². The van der Waals surface area contributed by atoms with E-state index in [9.17, 15) is 4.79 Å². The maximum absolute atomic E-state index is 11.6. The van der Waals surface area contributed by atoms with Crippen molar-refractivity contribution in [1.82, 2.24) is 0 Å². The molecule has 1 fully saturated rings. The molecule has 0 aromatic rings. The summed E-state index contributed by atoms with van der Waals surface area (Å²) in [4.78, 5) is 11.6. The smallest absolute Gasteiger partial charge is 0.133 e. The predicted octanol–water partition coefficient (Wildman–Crippen LogP) is 3.49.